The van der Waals surface area contributed by atoms with Crippen LogP contribution in [0.5, 0.6) is 11.5 Å². The number of hydrogen-bond donors (Lipinski definition) is 1. The van der Waals surface area contributed by atoms with Crippen molar-refractivity contribution in [2.24, 2.45) is 5.10 Å². The Kier molecular flexibility index (Phi) is 6.36. The van der Waals surface area contributed by atoms with E-state index in [1.54, 1.807) is 19.2 Å². The lowest BCUT2D eigenvalue weighted by molar-refractivity contribution is -0.135. The number of rotatable bonds is 7. The van der Waals surface area contributed by atoms with Gasteiger partial charge in [-0.25, -0.2) is 9.80 Å². The normalized spacial score (nSPS) is 15.0. The summed E-state index contributed by atoms with van der Waals surface area (Å²) < 4.78 is 10.9. The summed E-state index contributed by atoms with van der Waals surface area (Å²) in [6.45, 7) is -0.342. The number of hydrogen-bond acceptors (Lipinski definition) is 5. The highest BCUT2D eigenvalue weighted by Gasteiger charge is 2.33. The molecule has 1 atom stereocenters. The van der Waals surface area contributed by atoms with Crippen molar-refractivity contribution in [2.45, 2.75) is 12.5 Å². The number of carbonyl (C=O) groups is 2. The summed E-state index contributed by atoms with van der Waals surface area (Å²) in [5, 5.41) is 17.8. The molecular formula is C29H24N2O5. The van der Waals surface area contributed by atoms with Gasteiger partial charge in [0.05, 0.1) is 18.9 Å². The molecule has 0 saturated heterocycles. The summed E-state index contributed by atoms with van der Waals surface area (Å²) in [6.07, 6.45) is 0.530. The first-order chi connectivity index (χ1) is 17.5. The standard InChI is InChI=1S/C29H24N2O5/c1-35-23-14-12-20(13-15-23)26-17-25(22-11-10-19-6-2-3-7-21(19)16-22)30-31(26)28(32)18-36-27-9-5-4-8-24(27)29(33)34/h2-16,26H,17-18H2,1H3,(H,33,34)/t26-/m0/s1. The van der Waals surface area contributed by atoms with Crippen molar-refractivity contribution in [2.75, 3.05) is 13.7 Å². The molecule has 7 heteroatoms. The quantitative estimate of drug-likeness (QED) is 0.388. The Labute approximate surface area is 208 Å². The van der Waals surface area contributed by atoms with Crippen LogP contribution in [-0.2, 0) is 4.79 Å². The van der Waals surface area contributed by atoms with Crippen molar-refractivity contribution in [1.29, 1.82) is 0 Å². The largest absolute Gasteiger partial charge is 0.497 e. The lowest BCUT2D eigenvalue weighted by atomic mass is 9.97. The second-order valence-corrected chi connectivity index (χ2v) is 8.43. The third-order valence-electron chi connectivity index (χ3n) is 6.22. The molecule has 4 aromatic rings. The molecule has 1 aliphatic rings. The summed E-state index contributed by atoms with van der Waals surface area (Å²) in [5.74, 6) is -0.630. The van der Waals surface area contributed by atoms with E-state index in [0.717, 1.165) is 33.4 Å². The highest BCUT2D eigenvalue weighted by atomic mass is 16.5. The number of aromatic carboxylic acids is 1. The Morgan fingerprint density at radius 3 is 2.42 bits per heavy atom. The van der Waals surface area contributed by atoms with Crippen LogP contribution in [-0.4, -0.2) is 41.4 Å². The minimum atomic E-state index is -1.12. The Morgan fingerprint density at radius 1 is 0.944 bits per heavy atom. The van der Waals surface area contributed by atoms with Crippen LogP contribution in [0.3, 0.4) is 0 Å². The molecule has 0 aromatic heterocycles. The fraction of sp³-hybridized carbons (Fsp3) is 0.138. The van der Waals surface area contributed by atoms with Gasteiger partial charge in [-0.1, -0.05) is 60.7 Å². The third kappa shape index (κ3) is 4.63. The fourth-order valence-electron chi connectivity index (χ4n) is 4.34. The first kappa shape index (κ1) is 23.1. The lowest BCUT2D eigenvalue weighted by Crippen LogP contribution is -2.31. The maximum atomic E-state index is 13.3. The fourth-order valence-corrected chi connectivity index (χ4v) is 4.34. The number of carboxylic acids is 1. The number of amides is 1. The molecule has 1 heterocycles. The van der Waals surface area contributed by atoms with E-state index in [-0.39, 0.29) is 29.9 Å². The topological polar surface area (TPSA) is 88.4 Å². The first-order valence-electron chi connectivity index (χ1n) is 11.5. The van der Waals surface area contributed by atoms with E-state index in [2.05, 4.69) is 12.1 Å². The molecule has 0 saturated carbocycles. The Morgan fingerprint density at radius 2 is 1.67 bits per heavy atom. The highest BCUT2D eigenvalue weighted by Crippen LogP contribution is 2.34. The van der Waals surface area contributed by atoms with Gasteiger partial charge in [0.15, 0.2) is 6.61 Å². The van der Waals surface area contributed by atoms with Gasteiger partial charge < -0.3 is 14.6 Å². The molecule has 0 aliphatic carbocycles. The third-order valence-corrected chi connectivity index (χ3v) is 6.22. The van der Waals surface area contributed by atoms with E-state index in [9.17, 15) is 14.7 Å². The van der Waals surface area contributed by atoms with Gasteiger partial charge in [0.25, 0.3) is 5.91 Å². The SMILES string of the molecule is COc1ccc([C@@H]2CC(c3ccc4ccccc4c3)=NN2C(=O)COc2ccccc2C(=O)O)cc1. The molecule has 180 valence electrons. The van der Waals surface area contributed by atoms with Gasteiger partial charge in [-0.05, 0) is 52.2 Å². The van der Waals surface area contributed by atoms with Crippen molar-refractivity contribution in [1.82, 2.24) is 5.01 Å². The van der Waals surface area contributed by atoms with Crippen LogP contribution in [0.4, 0.5) is 0 Å². The second kappa shape index (κ2) is 9.92. The van der Waals surface area contributed by atoms with E-state index in [4.69, 9.17) is 14.6 Å². The Hall–Kier alpha value is -4.65. The zero-order valence-electron chi connectivity index (χ0n) is 19.6. The van der Waals surface area contributed by atoms with E-state index >= 15 is 0 Å². The number of fused-ring (bicyclic) bond motifs is 1. The molecule has 36 heavy (non-hydrogen) atoms. The molecular weight excluding hydrogens is 456 g/mol. The molecule has 0 radical (unpaired) electrons. The van der Waals surface area contributed by atoms with Crippen LogP contribution >= 0.6 is 0 Å². The van der Waals surface area contributed by atoms with Gasteiger partial charge in [-0.2, -0.15) is 5.10 Å². The average Bonchev–Trinajstić information content (AvgIpc) is 3.37. The van der Waals surface area contributed by atoms with Crippen molar-refractivity contribution >= 4 is 28.4 Å². The van der Waals surface area contributed by atoms with E-state index in [0.29, 0.717) is 6.42 Å². The van der Waals surface area contributed by atoms with Gasteiger partial charge in [-0.3, -0.25) is 4.79 Å². The zero-order valence-corrected chi connectivity index (χ0v) is 19.6. The smallest absolute Gasteiger partial charge is 0.339 e. The van der Waals surface area contributed by atoms with Crippen molar-refractivity contribution in [3.8, 4) is 11.5 Å². The number of carboxylic acid groups (broad SMARTS) is 1. The van der Waals surface area contributed by atoms with Crippen molar-refractivity contribution < 1.29 is 24.2 Å². The number of nitrogens with zero attached hydrogens (tertiary/aromatic N) is 2. The number of para-hydroxylation sites is 1. The van der Waals surface area contributed by atoms with Crippen molar-refractivity contribution in [3.63, 3.8) is 0 Å². The summed E-state index contributed by atoms with van der Waals surface area (Å²) >= 11 is 0. The van der Waals surface area contributed by atoms with Crippen LogP contribution in [0, 0.1) is 0 Å². The summed E-state index contributed by atoms with van der Waals surface area (Å²) in [7, 11) is 1.60. The van der Waals surface area contributed by atoms with Gasteiger partial charge in [0.2, 0.25) is 0 Å². The van der Waals surface area contributed by atoms with Crippen LogP contribution in [0.1, 0.15) is 33.9 Å². The summed E-state index contributed by atoms with van der Waals surface area (Å²) in [4.78, 5) is 24.8. The van der Waals surface area contributed by atoms with Crippen LogP contribution in [0.25, 0.3) is 10.8 Å². The van der Waals surface area contributed by atoms with E-state index < -0.39 is 5.97 Å². The second-order valence-electron chi connectivity index (χ2n) is 8.43. The minimum absolute atomic E-state index is 0.00113. The molecule has 0 unspecified atom stereocenters. The Bertz CT molecular complexity index is 1460. The summed E-state index contributed by atoms with van der Waals surface area (Å²) in [6, 6.07) is 27.7. The van der Waals surface area contributed by atoms with E-state index in [1.807, 2.05) is 54.6 Å². The highest BCUT2D eigenvalue weighted by molar-refractivity contribution is 6.05. The number of hydrazone groups is 1. The molecule has 1 amide bonds. The van der Waals surface area contributed by atoms with Crippen LogP contribution < -0.4 is 9.47 Å². The number of benzene rings is 4. The predicted molar refractivity (Wildman–Crippen MR) is 137 cm³/mol. The van der Waals surface area contributed by atoms with Crippen LogP contribution in [0.15, 0.2) is 96.1 Å². The van der Waals surface area contributed by atoms with E-state index in [1.165, 1.54) is 17.1 Å². The predicted octanol–water partition coefficient (Wildman–Crippen LogP) is 5.30. The van der Waals surface area contributed by atoms with Gasteiger partial charge in [0, 0.05) is 6.42 Å². The van der Waals surface area contributed by atoms with Gasteiger partial charge >= 0.3 is 5.97 Å². The minimum Gasteiger partial charge on any atom is -0.497 e. The van der Waals surface area contributed by atoms with Crippen LogP contribution in [0.2, 0.25) is 0 Å². The molecule has 0 bridgehead atoms. The molecule has 4 aromatic carbocycles. The molecule has 5 rings (SSSR count). The molecule has 1 aliphatic heterocycles. The number of carbonyl (C=O) groups excluding carboxylic acids is 1. The lowest BCUT2D eigenvalue weighted by Gasteiger charge is -2.22. The first-order valence-corrected chi connectivity index (χ1v) is 11.5. The maximum Gasteiger partial charge on any atom is 0.339 e. The van der Waals surface area contributed by atoms with Gasteiger partial charge in [0.1, 0.15) is 17.1 Å². The van der Waals surface area contributed by atoms with Crippen molar-refractivity contribution in [3.05, 3.63) is 108 Å². The monoisotopic (exact) mass is 480 g/mol. The molecule has 7 nitrogen and oxygen atoms in total. The molecule has 1 N–H and O–H groups in total. The molecule has 0 spiro atoms. The number of methoxy groups -OCH3 is 1. The Balaban J connectivity index is 1.44. The maximum absolute atomic E-state index is 13.3. The summed E-state index contributed by atoms with van der Waals surface area (Å²) in [5.41, 5.74) is 2.65. The number of ether oxygens (including phenoxy) is 2. The zero-order chi connectivity index (χ0) is 25.1. The van der Waals surface area contributed by atoms with Gasteiger partial charge in [-0.15, -0.1) is 0 Å². The molecule has 0 fully saturated rings. The average molecular weight is 481 g/mol.